The first-order valence-electron chi connectivity index (χ1n) is 4.98. The van der Waals surface area contributed by atoms with Crippen LogP contribution in [-0.2, 0) is 0 Å². The number of phenols is 1. The lowest BCUT2D eigenvalue weighted by Crippen LogP contribution is -1.99. The molecule has 0 spiro atoms. The minimum absolute atomic E-state index is 0.0352. The van der Waals surface area contributed by atoms with E-state index in [9.17, 15) is 9.90 Å². The third-order valence-corrected chi connectivity index (χ3v) is 2.30. The number of unbranched alkanes of at least 4 members (excludes halogenated alkanes) is 1. The quantitative estimate of drug-likeness (QED) is 0.744. The summed E-state index contributed by atoms with van der Waals surface area (Å²) in [6, 6.07) is 5.28. The van der Waals surface area contributed by atoms with Crippen molar-refractivity contribution in [2.45, 2.75) is 33.1 Å². The molecule has 2 nitrogen and oxygen atoms in total. The van der Waals surface area contributed by atoms with Crippen molar-refractivity contribution in [3.05, 3.63) is 29.3 Å². The van der Waals surface area contributed by atoms with E-state index in [-0.39, 0.29) is 11.5 Å². The number of Topliss-reactive ketones (excluding diaryl/α,β-unsaturated/α-hetero) is 1. The number of carbonyl (C=O) groups excluding carboxylic acids is 1. The monoisotopic (exact) mass is 192 g/mol. The van der Waals surface area contributed by atoms with Crippen LogP contribution in [0, 0.1) is 6.92 Å². The van der Waals surface area contributed by atoms with E-state index in [0.29, 0.717) is 12.0 Å². The Morgan fingerprint density at radius 3 is 2.79 bits per heavy atom. The zero-order chi connectivity index (χ0) is 10.6. The van der Waals surface area contributed by atoms with Gasteiger partial charge in [0.05, 0.1) is 5.56 Å². The fraction of sp³-hybridized carbons (Fsp3) is 0.417. The zero-order valence-electron chi connectivity index (χ0n) is 8.71. The second kappa shape index (κ2) is 4.80. The summed E-state index contributed by atoms with van der Waals surface area (Å²) in [6.07, 6.45) is 2.40. The minimum Gasteiger partial charge on any atom is -0.507 e. The molecular formula is C12H16O2. The average Bonchev–Trinajstić information content (AvgIpc) is 2.18. The topological polar surface area (TPSA) is 37.3 Å². The minimum atomic E-state index is 0.0352. The maximum atomic E-state index is 11.6. The molecule has 14 heavy (non-hydrogen) atoms. The van der Waals surface area contributed by atoms with E-state index in [4.69, 9.17) is 0 Å². The van der Waals surface area contributed by atoms with E-state index in [1.54, 1.807) is 25.1 Å². The van der Waals surface area contributed by atoms with Crippen molar-refractivity contribution in [3.8, 4) is 5.75 Å². The van der Waals surface area contributed by atoms with Gasteiger partial charge in [0, 0.05) is 6.42 Å². The Morgan fingerprint density at radius 2 is 2.14 bits per heavy atom. The Labute approximate surface area is 84.6 Å². The lowest BCUT2D eigenvalue weighted by Gasteiger charge is -2.05. The van der Waals surface area contributed by atoms with Gasteiger partial charge < -0.3 is 5.11 Å². The van der Waals surface area contributed by atoms with Crippen LogP contribution in [-0.4, -0.2) is 10.9 Å². The van der Waals surface area contributed by atoms with Crippen LogP contribution in [0.15, 0.2) is 18.2 Å². The lowest BCUT2D eigenvalue weighted by molar-refractivity contribution is 0.0977. The molecule has 0 saturated carbocycles. The van der Waals surface area contributed by atoms with Crippen LogP contribution in [0.4, 0.5) is 0 Å². The van der Waals surface area contributed by atoms with Crippen molar-refractivity contribution in [2.75, 3.05) is 0 Å². The van der Waals surface area contributed by atoms with Crippen molar-refractivity contribution >= 4 is 5.78 Å². The molecule has 0 radical (unpaired) electrons. The first-order chi connectivity index (χ1) is 6.66. The zero-order valence-corrected chi connectivity index (χ0v) is 8.71. The summed E-state index contributed by atoms with van der Waals surface area (Å²) in [5.74, 6) is 0.168. The SMILES string of the molecule is CCCCC(=O)c1cccc(C)c1O. The molecule has 1 rings (SSSR count). The molecule has 0 aliphatic heterocycles. The Balaban J connectivity index is 2.84. The molecule has 0 aliphatic rings. The maximum absolute atomic E-state index is 11.6. The molecule has 0 aliphatic carbocycles. The lowest BCUT2D eigenvalue weighted by atomic mass is 10.0. The number of para-hydroxylation sites is 1. The smallest absolute Gasteiger partial charge is 0.166 e. The Morgan fingerprint density at radius 1 is 1.43 bits per heavy atom. The Kier molecular flexibility index (Phi) is 3.69. The molecule has 1 N–H and O–H groups in total. The molecule has 0 saturated heterocycles. The molecule has 0 heterocycles. The molecule has 0 amide bonds. The van der Waals surface area contributed by atoms with Gasteiger partial charge in [-0.1, -0.05) is 25.5 Å². The van der Waals surface area contributed by atoms with Crippen LogP contribution in [0.25, 0.3) is 0 Å². The Hall–Kier alpha value is -1.31. The number of rotatable bonds is 4. The molecule has 0 unspecified atom stereocenters. The highest BCUT2D eigenvalue weighted by Crippen LogP contribution is 2.23. The highest BCUT2D eigenvalue weighted by Gasteiger charge is 2.11. The predicted molar refractivity (Wildman–Crippen MR) is 56.7 cm³/mol. The fourth-order valence-corrected chi connectivity index (χ4v) is 1.36. The second-order valence-electron chi connectivity index (χ2n) is 3.50. The summed E-state index contributed by atoms with van der Waals surface area (Å²) in [5, 5.41) is 9.65. The van der Waals surface area contributed by atoms with E-state index in [1.807, 2.05) is 6.92 Å². The highest BCUT2D eigenvalue weighted by molar-refractivity contribution is 5.98. The molecule has 1 aromatic rings. The molecule has 0 aromatic heterocycles. The van der Waals surface area contributed by atoms with Crippen LogP contribution in [0.5, 0.6) is 5.75 Å². The van der Waals surface area contributed by atoms with Crippen molar-refractivity contribution < 1.29 is 9.90 Å². The number of aryl methyl sites for hydroxylation is 1. The third-order valence-electron chi connectivity index (χ3n) is 2.30. The van der Waals surface area contributed by atoms with E-state index >= 15 is 0 Å². The van der Waals surface area contributed by atoms with Crippen molar-refractivity contribution in [1.29, 1.82) is 0 Å². The van der Waals surface area contributed by atoms with Gasteiger partial charge in [0.2, 0.25) is 0 Å². The Bertz CT molecular complexity index is 329. The van der Waals surface area contributed by atoms with Crippen molar-refractivity contribution in [3.63, 3.8) is 0 Å². The largest absolute Gasteiger partial charge is 0.507 e. The van der Waals surface area contributed by atoms with Gasteiger partial charge >= 0.3 is 0 Å². The summed E-state index contributed by atoms with van der Waals surface area (Å²) in [4.78, 5) is 11.6. The van der Waals surface area contributed by atoms with E-state index in [2.05, 4.69) is 0 Å². The van der Waals surface area contributed by atoms with Crippen molar-refractivity contribution in [1.82, 2.24) is 0 Å². The molecule has 0 fully saturated rings. The number of hydrogen-bond donors (Lipinski definition) is 1. The molecule has 0 bridgehead atoms. The summed E-state index contributed by atoms with van der Waals surface area (Å²) >= 11 is 0. The average molecular weight is 192 g/mol. The van der Waals surface area contributed by atoms with Crippen LogP contribution in [0.1, 0.15) is 42.1 Å². The summed E-state index contributed by atoms with van der Waals surface area (Å²) in [5.41, 5.74) is 1.21. The van der Waals surface area contributed by atoms with Gasteiger partial charge in [-0.05, 0) is 25.0 Å². The van der Waals surface area contributed by atoms with Crippen molar-refractivity contribution in [2.24, 2.45) is 0 Å². The number of phenolic OH excluding ortho intramolecular Hbond substituents is 1. The third kappa shape index (κ3) is 2.34. The number of benzene rings is 1. The molecule has 2 heteroatoms. The van der Waals surface area contributed by atoms with Gasteiger partial charge in [-0.2, -0.15) is 0 Å². The fourth-order valence-electron chi connectivity index (χ4n) is 1.36. The van der Waals surface area contributed by atoms with Crippen LogP contribution < -0.4 is 0 Å². The molecular weight excluding hydrogens is 176 g/mol. The predicted octanol–water partition coefficient (Wildman–Crippen LogP) is 3.07. The van der Waals surface area contributed by atoms with Gasteiger partial charge in [-0.15, -0.1) is 0 Å². The van der Waals surface area contributed by atoms with Crippen LogP contribution >= 0.6 is 0 Å². The van der Waals surface area contributed by atoms with Gasteiger partial charge in [0.25, 0.3) is 0 Å². The summed E-state index contributed by atoms with van der Waals surface area (Å²) in [7, 11) is 0. The van der Waals surface area contributed by atoms with Gasteiger partial charge in [-0.3, -0.25) is 4.79 Å². The van der Waals surface area contributed by atoms with Gasteiger partial charge in [0.1, 0.15) is 5.75 Å². The standard InChI is InChI=1S/C12H16O2/c1-3-4-8-11(13)10-7-5-6-9(2)12(10)14/h5-7,14H,3-4,8H2,1-2H3. The van der Waals surface area contributed by atoms with E-state index in [1.165, 1.54) is 0 Å². The van der Waals surface area contributed by atoms with E-state index < -0.39 is 0 Å². The number of carbonyl (C=O) groups is 1. The number of aromatic hydroxyl groups is 1. The number of hydrogen-bond acceptors (Lipinski definition) is 2. The summed E-state index contributed by atoms with van der Waals surface area (Å²) < 4.78 is 0. The van der Waals surface area contributed by atoms with E-state index in [0.717, 1.165) is 18.4 Å². The van der Waals surface area contributed by atoms with Crippen LogP contribution in [0.2, 0.25) is 0 Å². The highest BCUT2D eigenvalue weighted by atomic mass is 16.3. The maximum Gasteiger partial charge on any atom is 0.166 e. The summed E-state index contributed by atoms with van der Waals surface area (Å²) in [6.45, 7) is 3.84. The first-order valence-corrected chi connectivity index (χ1v) is 4.98. The normalized spacial score (nSPS) is 10.1. The van der Waals surface area contributed by atoms with Gasteiger partial charge in [-0.25, -0.2) is 0 Å². The van der Waals surface area contributed by atoms with Gasteiger partial charge in [0.15, 0.2) is 5.78 Å². The molecule has 1 aromatic carbocycles. The molecule has 0 atom stereocenters. The number of ketones is 1. The molecule has 76 valence electrons. The van der Waals surface area contributed by atoms with Crippen LogP contribution in [0.3, 0.4) is 0 Å². The first kappa shape index (κ1) is 10.8. The second-order valence-corrected chi connectivity index (χ2v) is 3.50.